The second kappa shape index (κ2) is 5.93. The average molecular weight is 304 g/mol. The predicted octanol–water partition coefficient (Wildman–Crippen LogP) is 2.64. The zero-order valence-corrected chi connectivity index (χ0v) is 12.0. The highest BCUT2D eigenvalue weighted by molar-refractivity contribution is 6.33. The summed E-state index contributed by atoms with van der Waals surface area (Å²) >= 11 is 6.15. The van der Waals surface area contributed by atoms with E-state index < -0.39 is 19.0 Å². The number of hydrogen-bond acceptors (Lipinski definition) is 3. The minimum absolute atomic E-state index is 0.161. The molecule has 1 aromatic rings. The van der Waals surface area contributed by atoms with Crippen LogP contribution in [0.3, 0.4) is 0 Å². The molecule has 1 heterocycles. The summed E-state index contributed by atoms with van der Waals surface area (Å²) in [4.78, 5) is 13.2. The van der Waals surface area contributed by atoms with Gasteiger partial charge in [-0.05, 0) is 18.7 Å². The number of fused-ring (bicyclic) bond motifs is 1. The van der Waals surface area contributed by atoms with E-state index in [1.54, 1.807) is 12.1 Å². The van der Waals surface area contributed by atoms with E-state index in [1.807, 2.05) is 6.92 Å². The van der Waals surface area contributed by atoms with Gasteiger partial charge in [-0.25, -0.2) is 8.78 Å². The van der Waals surface area contributed by atoms with Gasteiger partial charge in [-0.3, -0.25) is 4.79 Å². The Kier molecular flexibility index (Phi) is 4.45. The van der Waals surface area contributed by atoms with E-state index in [1.165, 1.54) is 11.9 Å². The number of benzene rings is 1. The summed E-state index contributed by atoms with van der Waals surface area (Å²) in [5.74, 6) is -0.161. The molecule has 0 aliphatic carbocycles. The Morgan fingerprint density at radius 2 is 2.20 bits per heavy atom. The van der Waals surface area contributed by atoms with Crippen molar-refractivity contribution in [1.29, 1.82) is 0 Å². The molecular weight excluding hydrogens is 288 g/mol. The van der Waals surface area contributed by atoms with Gasteiger partial charge in [0.05, 0.1) is 17.3 Å². The maximum Gasteiger partial charge on any atom is 0.255 e. The standard InChI is InChI=1S/C13H16ClF2N3O/c1-3-17-12-7-4-8(14)10(19(2)6-11(15)16)5-9(7)18-13(12)20/h4-5,11-12,17H,3,6H2,1-2H3,(H,18,20). The third-order valence-electron chi connectivity index (χ3n) is 3.18. The van der Waals surface area contributed by atoms with Crippen molar-refractivity contribution < 1.29 is 13.6 Å². The molecule has 0 saturated heterocycles. The number of amides is 1. The molecule has 1 aliphatic rings. The number of halogens is 3. The molecule has 0 spiro atoms. The Labute approximate surface area is 121 Å². The van der Waals surface area contributed by atoms with Gasteiger partial charge in [-0.2, -0.15) is 0 Å². The second-order valence-electron chi connectivity index (χ2n) is 4.64. The summed E-state index contributed by atoms with van der Waals surface area (Å²) in [7, 11) is 1.54. The number of hydrogen-bond donors (Lipinski definition) is 2. The first kappa shape index (κ1) is 15.0. The number of nitrogens with one attached hydrogen (secondary N) is 2. The molecule has 1 unspecified atom stereocenters. The number of carbonyl (C=O) groups excluding carboxylic acids is 1. The summed E-state index contributed by atoms with van der Waals surface area (Å²) < 4.78 is 24.9. The third-order valence-corrected chi connectivity index (χ3v) is 3.48. The number of anilines is 2. The van der Waals surface area contributed by atoms with Crippen molar-refractivity contribution in [1.82, 2.24) is 5.32 Å². The van der Waals surface area contributed by atoms with Crippen LogP contribution in [-0.2, 0) is 4.79 Å². The fraction of sp³-hybridized carbons (Fsp3) is 0.462. The van der Waals surface area contributed by atoms with Crippen molar-refractivity contribution in [3.8, 4) is 0 Å². The van der Waals surface area contributed by atoms with Gasteiger partial charge in [0.25, 0.3) is 6.43 Å². The van der Waals surface area contributed by atoms with Crippen molar-refractivity contribution in [3.05, 3.63) is 22.7 Å². The van der Waals surface area contributed by atoms with Crippen molar-refractivity contribution >= 4 is 28.9 Å². The molecule has 0 bridgehead atoms. The highest BCUT2D eigenvalue weighted by Crippen LogP contribution is 2.38. The van der Waals surface area contributed by atoms with E-state index in [9.17, 15) is 13.6 Å². The lowest BCUT2D eigenvalue weighted by Crippen LogP contribution is -2.27. The minimum Gasteiger partial charge on any atom is -0.368 e. The zero-order valence-electron chi connectivity index (χ0n) is 11.2. The molecule has 1 aliphatic heterocycles. The highest BCUT2D eigenvalue weighted by atomic mass is 35.5. The number of carbonyl (C=O) groups is 1. The molecule has 110 valence electrons. The third kappa shape index (κ3) is 2.86. The monoisotopic (exact) mass is 303 g/mol. The van der Waals surface area contributed by atoms with Crippen molar-refractivity contribution in [2.45, 2.75) is 19.4 Å². The topological polar surface area (TPSA) is 44.4 Å². The van der Waals surface area contributed by atoms with E-state index >= 15 is 0 Å². The maximum atomic E-state index is 12.4. The zero-order chi connectivity index (χ0) is 14.9. The molecular formula is C13H16ClF2N3O. The molecule has 0 saturated carbocycles. The number of rotatable bonds is 5. The van der Waals surface area contributed by atoms with Crippen LogP contribution in [0.4, 0.5) is 20.2 Å². The van der Waals surface area contributed by atoms with Crippen LogP contribution < -0.4 is 15.5 Å². The molecule has 4 nitrogen and oxygen atoms in total. The van der Waals surface area contributed by atoms with Gasteiger partial charge in [0.2, 0.25) is 5.91 Å². The summed E-state index contributed by atoms with van der Waals surface area (Å²) in [6.07, 6.45) is -2.45. The van der Waals surface area contributed by atoms with E-state index in [2.05, 4.69) is 10.6 Å². The summed E-state index contributed by atoms with van der Waals surface area (Å²) in [6.45, 7) is 2.13. The second-order valence-corrected chi connectivity index (χ2v) is 5.05. The lowest BCUT2D eigenvalue weighted by atomic mass is 10.1. The van der Waals surface area contributed by atoms with Gasteiger partial charge in [0, 0.05) is 18.3 Å². The van der Waals surface area contributed by atoms with Gasteiger partial charge in [0.1, 0.15) is 6.04 Å². The first-order valence-electron chi connectivity index (χ1n) is 6.31. The molecule has 0 fully saturated rings. The Morgan fingerprint density at radius 1 is 1.50 bits per heavy atom. The van der Waals surface area contributed by atoms with Crippen molar-refractivity contribution in [2.24, 2.45) is 0 Å². The van der Waals surface area contributed by atoms with Crippen LogP contribution in [0.1, 0.15) is 18.5 Å². The van der Waals surface area contributed by atoms with Crippen LogP contribution in [-0.4, -0.2) is 32.5 Å². The van der Waals surface area contributed by atoms with Crippen molar-refractivity contribution in [2.75, 3.05) is 30.4 Å². The lowest BCUT2D eigenvalue weighted by Gasteiger charge is -2.21. The van der Waals surface area contributed by atoms with Crippen LogP contribution in [0.5, 0.6) is 0 Å². The maximum absolute atomic E-state index is 12.4. The van der Waals surface area contributed by atoms with Crippen LogP contribution in [0.2, 0.25) is 5.02 Å². The van der Waals surface area contributed by atoms with Crippen LogP contribution >= 0.6 is 11.6 Å². The molecule has 1 amide bonds. The molecule has 2 N–H and O–H groups in total. The average Bonchev–Trinajstić information content (AvgIpc) is 2.64. The van der Waals surface area contributed by atoms with Crippen molar-refractivity contribution in [3.63, 3.8) is 0 Å². The van der Waals surface area contributed by atoms with E-state index in [0.29, 0.717) is 22.9 Å². The smallest absolute Gasteiger partial charge is 0.255 e. The van der Waals surface area contributed by atoms with Gasteiger partial charge < -0.3 is 15.5 Å². The Balaban J connectivity index is 2.33. The first-order valence-corrected chi connectivity index (χ1v) is 6.68. The fourth-order valence-corrected chi connectivity index (χ4v) is 2.59. The number of nitrogens with zero attached hydrogens (tertiary/aromatic N) is 1. The van der Waals surface area contributed by atoms with Gasteiger partial charge in [-0.1, -0.05) is 18.5 Å². The molecule has 0 aromatic heterocycles. The number of likely N-dealkylation sites (N-methyl/N-ethyl adjacent to an activating group) is 1. The minimum atomic E-state index is -2.45. The predicted molar refractivity (Wildman–Crippen MR) is 75.8 cm³/mol. The van der Waals surface area contributed by atoms with E-state index in [0.717, 1.165) is 5.56 Å². The molecule has 7 heteroatoms. The Hall–Kier alpha value is -1.40. The summed E-state index contributed by atoms with van der Waals surface area (Å²) in [5.41, 5.74) is 1.83. The fourth-order valence-electron chi connectivity index (χ4n) is 2.28. The highest BCUT2D eigenvalue weighted by Gasteiger charge is 2.31. The summed E-state index contributed by atoms with van der Waals surface area (Å²) in [6, 6.07) is 2.84. The lowest BCUT2D eigenvalue weighted by molar-refractivity contribution is -0.117. The summed E-state index contributed by atoms with van der Waals surface area (Å²) in [5, 5.41) is 6.14. The first-order chi connectivity index (χ1) is 9.43. The van der Waals surface area contributed by atoms with Gasteiger partial charge in [0.15, 0.2) is 0 Å². The molecule has 2 rings (SSSR count). The van der Waals surface area contributed by atoms with Crippen LogP contribution in [0, 0.1) is 0 Å². The quantitative estimate of drug-likeness (QED) is 0.879. The molecule has 0 radical (unpaired) electrons. The van der Waals surface area contributed by atoms with Crippen LogP contribution in [0.25, 0.3) is 0 Å². The van der Waals surface area contributed by atoms with E-state index in [4.69, 9.17) is 11.6 Å². The SMILES string of the molecule is CCNC1C(=O)Nc2cc(N(C)CC(F)F)c(Cl)cc21. The Bertz CT molecular complexity index is 525. The molecule has 1 atom stereocenters. The van der Waals surface area contributed by atoms with Gasteiger partial charge in [-0.15, -0.1) is 0 Å². The molecule has 1 aromatic carbocycles. The van der Waals surface area contributed by atoms with E-state index in [-0.39, 0.29) is 5.91 Å². The number of alkyl halides is 2. The normalized spacial score (nSPS) is 17.3. The molecule has 20 heavy (non-hydrogen) atoms. The van der Waals surface area contributed by atoms with Crippen LogP contribution in [0.15, 0.2) is 12.1 Å². The van der Waals surface area contributed by atoms with Gasteiger partial charge >= 0.3 is 0 Å². The Morgan fingerprint density at radius 3 is 2.80 bits per heavy atom. The largest absolute Gasteiger partial charge is 0.368 e.